The minimum Gasteiger partial charge on any atom is -0.480 e. The number of carbonyl (C=O) groups excluding carboxylic acids is 1. The summed E-state index contributed by atoms with van der Waals surface area (Å²) in [6.45, 7) is 3.72. The summed E-state index contributed by atoms with van der Waals surface area (Å²) in [5, 5.41) is 8.88. The van der Waals surface area contributed by atoms with E-state index in [1.54, 1.807) is 0 Å². The first kappa shape index (κ1) is 50.9. The zero-order chi connectivity index (χ0) is 39.1. The van der Waals surface area contributed by atoms with Gasteiger partial charge in [0.15, 0.2) is 0 Å². The molecule has 4 N–H and O–H groups in total. The summed E-state index contributed by atoms with van der Waals surface area (Å²) in [5.41, 5.74) is 5.34. The third-order valence-corrected chi connectivity index (χ3v) is 9.57. The molecule has 0 fully saturated rings. The molecule has 0 heterocycles. The van der Waals surface area contributed by atoms with E-state index in [1.165, 1.54) is 57.8 Å². The van der Waals surface area contributed by atoms with Crippen molar-refractivity contribution in [2.45, 2.75) is 180 Å². The Balaban J connectivity index is 4.29. The molecule has 0 aromatic carbocycles. The van der Waals surface area contributed by atoms with E-state index in [0.717, 1.165) is 83.5 Å². The van der Waals surface area contributed by atoms with Crippen molar-refractivity contribution < 1.29 is 42.7 Å². The number of nitrogens with two attached hydrogens (primary N) is 1. The van der Waals surface area contributed by atoms with Gasteiger partial charge in [-0.25, -0.2) is 4.57 Å². The normalized spacial score (nSPS) is 14.5. The number of phosphoric acid groups is 1. The van der Waals surface area contributed by atoms with Gasteiger partial charge in [0.05, 0.1) is 19.8 Å². The molecule has 3 unspecified atom stereocenters. The van der Waals surface area contributed by atoms with Crippen LogP contribution in [-0.4, -0.2) is 60.5 Å². The number of carbonyl (C=O) groups is 2. The van der Waals surface area contributed by atoms with Crippen LogP contribution in [0.4, 0.5) is 0 Å². The number of carboxylic acids is 1. The summed E-state index contributed by atoms with van der Waals surface area (Å²) < 4.78 is 33.3. The van der Waals surface area contributed by atoms with Crippen LogP contribution in [0.3, 0.4) is 0 Å². The van der Waals surface area contributed by atoms with E-state index in [1.807, 2.05) is 0 Å². The van der Waals surface area contributed by atoms with Gasteiger partial charge in [0, 0.05) is 13.0 Å². The monoisotopic (exact) mass is 770 g/mol. The smallest absolute Gasteiger partial charge is 0.472 e. The van der Waals surface area contributed by atoms with E-state index in [9.17, 15) is 19.0 Å². The number of hydrogen-bond donors (Lipinski definition) is 3. The predicted molar refractivity (Wildman–Crippen MR) is 217 cm³/mol. The van der Waals surface area contributed by atoms with Crippen molar-refractivity contribution >= 4 is 19.8 Å². The van der Waals surface area contributed by atoms with Crippen molar-refractivity contribution in [3.8, 4) is 0 Å². The van der Waals surface area contributed by atoms with Crippen LogP contribution in [0.2, 0.25) is 0 Å². The third-order valence-electron chi connectivity index (χ3n) is 8.62. The van der Waals surface area contributed by atoms with E-state index in [-0.39, 0.29) is 13.0 Å². The lowest BCUT2D eigenvalue weighted by Crippen LogP contribution is -2.34. The van der Waals surface area contributed by atoms with E-state index in [2.05, 4.69) is 62.5 Å². The van der Waals surface area contributed by atoms with Crippen molar-refractivity contribution in [2.75, 3.05) is 26.4 Å². The van der Waals surface area contributed by atoms with E-state index in [0.29, 0.717) is 13.0 Å². The van der Waals surface area contributed by atoms with Crippen LogP contribution in [0.1, 0.15) is 168 Å². The average Bonchev–Trinajstić information content (AvgIpc) is 3.13. The Bertz CT molecular complexity index is 1030. The highest BCUT2D eigenvalue weighted by atomic mass is 31.2. The van der Waals surface area contributed by atoms with Crippen LogP contribution >= 0.6 is 7.82 Å². The first-order valence-corrected chi connectivity index (χ1v) is 22.2. The van der Waals surface area contributed by atoms with E-state index >= 15 is 0 Å². The molecule has 0 radical (unpaired) electrons. The molecule has 0 aromatic heterocycles. The first-order valence-electron chi connectivity index (χ1n) is 20.7. The van der Waals surface area contributed by atoms with Crippen LogP contribution < -0.4 is 5.73 Å². The molecule has 0 amide bonds. The molecular formula is C42H76NO9P. The van der Waals surface area contributed by atoms with Crippen LogP contribution in [0.25, 0.3) is 0 Å². The molecule has 0 aliphatic heterocycles. The number of allylic oxidation sites excluding steroid dienone is 8. The molecule has 0 saturated heterocycles. The maximum absolute atomic E-state index is 12.6. The zero-order valence-corrected chi connectivity index (χ0v) is 34.2. The number of phosphoric ester groups is 1. The average molecular weight is 770 g/mol. The lowest BCUT2D eigenvalue weighted by atomic mass is 10.0. The fourth-order valence-corrected chi connectivity index (χ4v) is 6.20. The molecular weight excluding hydrogens is 693 g/mol. The van der Waals surface area contributed by atoms with Gasteiger partial charge in [-0.2, -0.15) is 0 Å². The molecule has 0 aliphatic carbocycles. The predicted octanol–water partition coefficient (Wildman–Crippen LogP) is 11.1. The van der Waals surface area contributed by atoms with Gasteiger partial charge < -0.3 is 25.2 Å². The fourth-order valence-electron chi connectivity index (χ4n) is 5.42. The molecule has 11 heteroatoms. The molecule has 308 valence electrons. The number of esters is 1. The first-order chi connectivity index (χ1) is 25.7. The van der Waals surface area contributed by atoms with Crippen molar-refractivity contribution in [1.82, 2.24) is 0 Å². The molecule has 53 heavy (non-hydrogen) atoms. The van der Waals surface area contributed by atoms with Crippen LogP contribution in [-0.2, 0) is 32.7 Å². The highest BCUT2D eigenvalue weighted by Gasteiger charge is 2.27. The molecule has 10 nitrogen and oxygen atoms in total. The van der Waals surface area contributed by atoms with Crippen molar-refractivity contribution in [2.24, 2.45) is 5.73 Å². The Hall–Kier alpha value is -2.07. The van der Waals surface area contributed by atoms with Crippen LogP contribution in [0, 0.1) is 0 Å². The van der Waals surface area contributed by atoms with E-state index < -0.39 is 45.1 Å². The number of hydrogen-bond acceptors (Lipinski definition) is 8. The number of aliphatic carboxylic acids is 1. The van der Waals surface area contributed by atoms with E-state index in [4.69, 9.17) is 29.4 Å². The third kappa shape index (κ3) is 38.0. The maximum atomic E-state index is 12.6. The Labute approximate surface area is 322 Å². The summed E-state index contributed by atoms with van der Waals surface area (Å²) in [7, 11) is -4.62. The van der Waals surface area contributed by atoms with Crippen LogP contribution in [0.15, 0.2) is 48.6 Å². The second-order valence-corrected chi connectivity index (χ2v) is 15.2. The molecule has 0 saturated carbocycles. The van der Waals surface area contributed by atoms with Gasteiger partial charge in [-0.15, -0.1) is 0 Å². The van der Waals surface area contributed by atoms with Gasteiger partial charge in [-0.05, 0) is 51.4 Å². The molecule has 0 rings (SSSR count). The Kier molecular flexibility index (Phi) is 36.7. The lowest BCUT2D eigenvalue weighted by Gasteiger charge is -2.20. The second-order valence-electron chi connectivity index (χ2n) is 13.7. The van der Waals surface area contributed by atoms with Crippen molar-refractivity contribution in [3.05, 3.63) is 48.6 Å². The minimum atomic E-state index is -4.62. The molecule has 0 bridgehead atoms. The standard InChI is InChI=1S/C42H76NO9P/c1-3-5-7-9-11-13-15-17-18-19-20-21-23-25-27-29-31-33-35-49-36-39(37-50-53(47,48)51-38-40(43)42(45)46)52-41(44)34-32-30-28-26-24-22-16-14-12-10-8-6-4-2/h5,7,11,13,17-18,20-21,39-40H,3-4,6,8-10,12,14-16,19,22-38,43H2,1-2H3,(H,45,46)(H,47,48)/b7-5-,13-11-,18-17-,21-20-. The Morgan fingerprint density at radius 3 is 1.64 bits per heavy atom. The molecule has 0 aromatic rings. The van der Waals surface area contributed by atoms with Gasteiger partial charge in [-0.3, -0.25) is 18.6 Å². The minimum absolute atomic E-state index is 0.00478. The Morgan fingerprint density at radius 2 is 1.09 bits per heavy atom. The number of unbranched alkanes of at least 4 members (excludes halogenated alkanes) is 17. The molecule has 0 aliphatic rings. The summed E-state index contributed by atoms with van der Waals surface area (Å²) in [4.78, 5) is 33.5. The highest BCUT2D eigenvalue weighted by Crippen LogP contribution is 2.43. The summed E-state index contributed by atoms with van der Waals surface area (Å²) in [6.07, 6.45) is 43.0. The highest BCUT2D eigenvalue weighted by molar-refractivity contribution is 7.47. The second kappa shape index (κ2) is 38.2. The summed E-state index contributed by atoms with van der Waals surface area (Å²) >= 11 is 0. The zero-order valence-electron chi connectivity index (χ0n) is 33.3. The SMILES string of the molecule is CC/C=C\C/C=C\C/C=C\C/C=C\CCCCCCCOCC(COP(=O)(O)OCC(N)C(=O)O)OC(=O)CCCCCCCCCCCCCCC. The van der Waals surface area contributed by atoms with Gasteiger partial charge in [-0.1, -0.05) is 159 Å². The number of carboxylic acid groups (broad SMARTS) is 1. The molecule has 0 spiro atoms. The lowest BCUT2D eigenvalue weighted by molar-refractivity contribution is -0.154. The summed E-state index contributed by atoms with van der Waals surface area (Å²) in [6, 6.07) is -1.48. The number of ether oxygens (including phenoxy) is 2. The van der Waals surface area contributed by atoms with Crippen LogP contribution in [0.5, 0.6) is 0 Å². The maximum Gasteiger partial charge on any atom is 0.472 e. The fraction of sp³-hybridized carbons (Fsp3) is 0.762. The van der Waals surface area contributed by atoms with Gasteiger partial charge in [0.2, 0.25) is 0 Å². The van der Waals surface area contributed by atoms with Gasteiger partial charge >= 0.3 is 19.8 Å². The summed E-state index contributed by atoms with van der Waals surface area (Å²) in [5.74, 6) is -1.79. The Morgan fingerprint density at radius 1 is 0.623 bits per heavy atom. The largest absolute Gasteiger partial charge is 0.480 e. The van der Waals surface area contributed by atoms with Gasteiger partial charge in [0.25, 0.3) is 0 Å². The quantitative estimate of drug-likeness (QED) is 0.0238. The van der Waals surface area contributed by atoms with Crippen molar-refractivity contribution in [1.29, 1.82) is 0 Å². The van der Waals surface area contributed by atoms with Gasteiger partial charge in [0.1, 0.15) is 12.1 Å². The molecule has 3 atom stereocenters. The number of rotatable bonds is 39. The topological polar surface area (TPSA) is 155 Å². The van der Waals surface area contributed by atoms with Crippen molar-refractivity contribution in [3.63, 3.8) is 0 Å².